The van der Waals surface area contributed by atoms with E-state index in [1.54, 1.807) is 6.07 Å². The molecule has 4 heteroatoms. The zero-order chi connectivity index (χ0) is 13.5. The van der Waals surface area contributed by atoms with Crippen molar-refractivity contribution in [2.45, 2.75) is 26.7 Å². The zero-order valence-electron chi connectivity index (χ0n) is 11.1. The summed E-state index contributed by atoms with van der Waals surface area (Å²) in [6, 6.07) is 5.46. The van der Waals surface area contributed by atoms with E-state index in [-0.39, 0.29) is 12.4 Å². The fraction of sp³-hybridized carbons (Fsp3) is 0.500. The number of ketones is 1. The number of carbonyl (C=O) groups is 1. The van der Waals surface area contributed by atoms with Crippen molar-refractivity contribution in [1.29, 1.82) is 0 Å². The van der Waals surface area contributed by atoms with Gasteiger partial charge in [-0.2, -0.15) is 0 Å². The Morgan fingerprint density at radius 3 is 2.67 bits per heavy atom. The van der Waals surface area contributed by atoms with Gasteiger partial charge in [0.15, 0.2) is 5.78 Å². The fourth-order valence-corrected chi connectivity index (χ4v) is 1.89. The second-order valence-corrected chi connectivity index (χ2v) is 4.39. The van der Waals surface area contributed by atoms with E-state index in [0.717, 1.165) is 25.1 Å². The lowest BCUT2D eigenvalue weighted by atomic mass is 10.1. The molecule has 0 radical (unpaired) electrons. The molecular formula is C14H22N2O2. The Hall–Kier alpha value is -1.55. The van der Waals surface area contributed by atoms with Gasteiger partial charge in [-0.05, 0) is 31.5 Å². The first-order valence-corrected chi connectivity index (χ1v) is 6.36. The second-order valence-electron chi connectivity index (χ2n) is 4.39. The first kappa shape index (κ1) is 14.5. The van der Waals surface area contributed by atoms with E-state index >= 15 is 0 Å². The number of hydrogen-bond acceptors (Lipinski definition) is 4. The molecule has 0 bridgehead atoms. The average molecular weight is 250 g/mol. The van der Waals surface area contributed by atoms with E-state index in [9.17, 15) is 4.79 Å². The highest BCUT2D eigenvalue weighted by atomic mass is 16.3. The van der Waals surface area contributed by atoms with Crippen molar-refractivity contribution in [2.75, 3.05) is 30.3 Å². The lowest BCUT2D eigenvalue weighted by molar-refractivity contribution is 0.101. The van der Waals surface area contributed by atoms with Crippen molar-refractivity contribution in [2.24, 2.45) is 0 Å². The molecule has 1 rings (SSSR count). The first-order valence-electron chi connectivity index (χ1n) is 6.36. The molecule has 18 heavy (non-hydrogen) atoms. The molecule has 0 spiro atoms. The van der Waals surface area contributed by atoms with E-state index in [0.29, 0.717) is 17.8 Å². The monoisotopic (exact) mass is 250 g/mol. The Balaban J connectivity index is 2.97. The maximum atomic E-state index is 11.5. The lowest BCUT2D eigenvalue weighted by Crippen LogP contribution is -2.27. The number of aliphatic hydroxyl groups excluding tert-OH is 1. The summed E-state index contributed by atoms with van der Waals surface area (Å²) in [6.45, 7) is 5.18. The predicted octanol–water partition coefficient (Wildman–Crippen LogP) is 2.07. The van der Waals surface area contributed by atoms with Crippen LogP contribution in [0.4, 0.5) is 11.4 Å². The molecule has 0 saturated heterocycles. The largest absolute Gasteiger partial charge is 0.398 e. The molecular weight excluding hydrogens is 228 g/mol. The van der Waals surface area contributed by atoms with Crippen LogP contribution in [0.2, 0.25) is 0 Å². The van der Waals surface area contributed by atoms with Crippen LogP contribution in [0.25, 0.3) is 0 Å². The molecule has 0 atom stereocenters. The van der Waals surface area contributed by atoms with Crippen LogP contribution < -0.4 is 10.6 Å². The van der Waals surface area contributed by atoms with Crippen molar-refractivity contribution in [3.05, 3.63) is 23.8 Å². The maximum Gasteiger partial charge on any atom is 0.161 e. The van der Waals surface area contributed by atoms with E-state index in [1.165, 1.54) is 6.92 Å². The van der Waals surface area contributed by atoms with Crippen molar-refractivity contribution in [3.8, 4) is 0 Å². The van der Waals surface area contributed by atoms with Gasteiger partial charge in [0, 0.05) is 30.0 Å². The number of hydrogen-bond donors (Lipinski definition) is 2. The molecule has 100 valence electrons. The summed E-state index contributed by atoms with van der Waals surface area (Å²) >= 11 is 0. The average Bonchev–Trinajstić information content (AvgIpc) is 2.35. The predicted molar refractivity (Wildman–Crippen MR) is 75.1 cm³/mol. The fourth-order valence-electron chi connectivity index (χ4n) is 1.89. The Kier molecular flexibility index (Phi) is 5.65. The minimum atomic E-state index is -0.0335. The molecule has 0 aliphatic carbocycles. The van der Waals surface area contributed by atoms with Crippen LogP contribution >= 0.6 is 0 Å². The molecule has 0 unspecified atom stereocenters. The minimum Gasteiger partial charge on any atom is -0.398 e. The minimum absolute atomic E-state index is 0.0335. The van der Waals surface area contributed by atoms with Gasteiger partial charge < -0.3 is 15.7 Å². The summed E-state index contributed by atoms with van der Waals surface area (Å²) in [6.07, 6.45) is 2.15. The summed E-state index contributed by atoms with van der Waals surface area (Å²) in [4.78, 5) is 13.5. The topological polar surface area (TPSA) is 66.6 Å². The summed E-state index contributed by atoms with van der Waals surface area (Å²) in [5.74, 6) is -0.0335. The van der Waals surface area contributed by atoms with E-state index < -0.39 is 0 Å². The molecule has 3 N–H and O–H groups in total. The van der Waals surface area contributed by atoms with Crippen LogP contribution in [0.1, 0.15) is 37.0 Å². The summed E-state index contributed by atoms with van der Waals surface area (Å²) in [7, 11) is 0. The van der Waals surface area contributed by atoms with Crippen LogP contribution in [0.15, 0.2) is 18.2 Å². The molecule has 0 aliphatic rings. The summed E-state index contributed by atoms with van der Waals surface area (Å²) in [5, 5.41) is 9.10. The van der Waals surface area contributed by atoms with Gasteiger partial charge in [0.2, 0.25) is 0 Å². The highest BCUT2D eigenvalue weighted by Crippen LogP contribution is 2.22. The molecule has 0 saturated carbocycles. The molecule has 0 heterocycles. The van der Waals surface area contributed by atoms with Crippen LogP contribution in [0.5, 0.6) is 0 Å². The third-order valence-corrected chi connectivity index (χ3v) is 2.93. The molecule has 1 aromatic rings. The van der Waals surface area contributed by atoms with Gasteiger partial charge in [-0.15, -0.1) is 0 Å². The molecule has 0 fully saturated rings. The van der Waals surface area contributed by atoms with Crippen molar-refractivity contribution in [1.82, 2.24) is 0 Å². The maximum absolute atomic E-state index is 11.5. The number of nitrogens with two attached hydrogens (primary N) is 1. The van der Waals surface area contributed by atoms with Gasteiger partial charge in [0.25, 0.3) is 0 Å². The second kappa shape index (κ2) is 7.01. The van der Waals surface area contributed by atoms with E-state index in [4.69, 9.17) is 10.8 Å². The Labute approximate surface area is 108 Å². The van der Waals surface area contributed by atoms with Gasteiger partial charge in [0.05, 0.1) is 6.61 Å². The number of aliphatic hydroxyl groups is 1. The lowest BCUT2D eigenvalue weighted by Gasteiger charge is -2.24. The van der Waals surface area contributed by atoms with Gasteiger partial charge in [0.1, 0.15) is 0 Å². The van der Waals surface area contributed by atoms with Crippen molar-refractivity contribution < 1.29 is 9.90 Å². The standard InChI is InChI=1S/C14H22N2O2/c1-3-4-7-16(8-9-17)12-5-6-14(15)13(10-12)11(2)18/h5-6,10,17H,3-4,7-9,15H2,1-2H3. The SMILES string of the molecule is CCCCN(CCO)c1ccc(N)c(C(C)=O)c1. The van der Waals surface area contributed by atoms with Crippen LogP contribution in [-0.4, -0.2) is 30.6 Å². The highest BCUT2D eigenvalue weighted by Gasteiger charge is 2.10. The first-order chi connectivity index (χ1) is 8.60. The number of carbonyl (C=O) groups excluding carboxylic acids is 1. The third-order valence-electron chi connectivity index (χ3n) is 2.93. The molecule has 0 amide bonds. The van der Waals surface area contributed by atoms with E-state index in [1.807, 2.05) is 12.1 Å². The van der Waals surface area contributed by atoms with Gasteiger partial charge in [-0.3, -0.25) is 4.79 Å². The van der Waals surface area contributed by atoms with Crippen molar-refractivity contribution >= 4 is 17.2 Å². The van der Waals surface area contributed by atoms with Gasteiger partial charge in [-0.1, -0.05) is 13.3 Å². The Bertz CT molecular complexity index is 405. The number of nitrogens with zero attached hydrogens (tertiary/aromatic N) is 1. The molecule has 0 aliphatic heterocycles. The van der Waals surface area contributed by atoms with E-state index in [2.05, 4.69) is 11.8 Å². The van der Waals surface area contributed by atoms with Gasteiger partial charge in [-0.25, -0.2) is 0 Å². The smallest absolute Gasteiger partial charge is 0.161 e. The van der Waals surface area contributed by atoms with Crippen molar-refractivity contribution in [3.63, 3.8) is 0 Å². The Morgan fingerprint density at radius 1 is 1.39 bits per heavy atom. The Morgan fingerprint density at radius 2 is 2.11 bits per heavy atom. The molecule has 4 nitrogen and oxygen atoms in total. The number of Topliss-reactive ketones (excluding diaryl/α,β-unsaturated/α-hetero) is 1. The number of benzene rings is 1. The van der Waals surface area contributed by atoms with Crippen LogP contribution in [-0.2, 0) is 0 Å². The van der Waals surface area contributed by atoms with Crippen LogP contribution in [0.3, 0.4) is 0 Å². The molecule has 0 aromatic heterocycles. The quantitative estimate of drug-likeness (QED) is 0.574. The van der Waals surface area contributed by atoms with Gasteiger partial charge >= 0.3 is 0 Å². The van der Waals surface area contributed by atoms with Crippen LogP contribution in [0, 0.1) is 0 Å². The summed E-state index contributed by atoms with van der Waals surface area (Å²) < 4.78 is 0. The number of anilines is 2. The normalized spacial score (nSPS) is 10.4. The highest BCUT2D eigenvalue weighted by molar-refractivity contribution is 6.00. The number of rotatable bonds is 7. The third kappa shape index (κ3) is 3.74. The molecule has 1 aromatic carbocycles. The summed E-state index contributed by atoms with van der Waals surface area (Å²) in [5.41, 5.74) is 7.77. The number of nitrogen functional groups attached to an aromatic ring is 1. The zero-order valence-corrected chi connectivity index (χ0v) is 11.1. The number of unbranched alkanes of at least 4 members (excludes halogenated alkanes) is 1.